The quantitative estimate of drug-likeness (QED) is 0.617. The van der Waals surface area contributed by atoms with Crippen molar-refractivity contribution in [1.29, 1.82) is 5.26 Å². The number of carbonyl (C=O) groups is 1. The van der Waals surface area contributed by atoms with E-state index in [0.717, 1.165) is 5.56 Å². The van der Waals surface area contributed by atoms with Crippen LogP contribution < -0.4 is 0 Å². The van der Waals surface area contributed by atoms with Crippen LogP contribution in [0.4, 0.5) is 0 Å². The van der Waals surface area contributed by atoms with Crippen LogP contribution >= 0.6 is 0 Å². The number of carboxylic acid groups (broad SMARTS) is 1. The summed E-state index contributed by atoms with van der Waals surface area (Å²) in [5, 5.41) is 17.1. The summed E-state index contributed by atoms with van der Waals surface area (Å²) >= 11 is 0. The van der Waals surface area contributed by atoms with Gasteiger partial charge >= 0.3 is 5.97 Å². The molecule has 3 heteroatoms. The van der Waals surface area contributed by atoms with Gasteiger partial charge in [-0.25, -0.2) is 0 Å². The van der Waals surface area contributed by atoms with Crippen molar-refractivity contribution in [3.05, 3.63) is 53.6 Å². The van der Waals surface area contributed by atoms with Crippen molar-refractivity contribution in [3.63, 3.8) is 0 Å². The zero-order chi connectivity index (χ0) is 11.8. The maximum atomic E-state index is 10.5. The zero-order valence-electron chi connectivity index (χ0n) is 8.63. The Morgan fingerprint density at radius 1 is 1.38 bits per heavy atom. The molecule has 0 saturated heterocycles. The van der Waals surface area contributed by atoms with Crippen LogP contribution in [0.1, 0.15) is 12.0 Å². The molecule has 0 saturated carbocycles. The molecule has 16 heavy (non-hydrogen) atoms. The van der Waals surface area contributed by atoms with Gasteiger partial charge in [0.25, 0.3) is 0 Å². The minimum atomic E-state index is -0.945. The van der Waals surface area contributed by atoms with Crippen molar-refractivity contribution >= 4 is 12.0 Å². The smallest absolute Gasteiger partial charge is 0.307 e. The summed E-state index contributed by atoms with van der Waals surface area (Å²) in [4.78, 5) is 10.5. The number of aliphatic carboxylic acids is 1. The molecule has 0 spiro atoms. The largest absolute Gasteiger partial charge is 0.481 e. The van der Waals surface area contributed by atoms with Gasteiger partial charge in [-0.05, 0) is 11.1 Å². The highest BCUT2D eigenvalue weighted by molar-refractivity contribution is 5.72. The van der Waals surface area contributed by atoms with Crippen molar-refractivity contribution in [2.45, 2.75) is 6.42 Å². The molecule has 0 unspecified atom stereocenters. The van der Waals surface area contributed by atoms with Gasteiger partial charge in [-0.1, -0.05) is 42.5 Å². The van der Waals surface area contributed by atoms with E-state index in [1.807, 2.05) is 36.4 Å². The van der Waals surface area contributed by atoms with E-state index in [0.29, 0.717) is 5.57 Å². The molecule has 0 heterocycles. The number of nitriles is 1. The molecule has 3 nitrogen and oxygen atoms in total. The molecule has 0 aliphatic heterocycles. The average molecular weight is 213 g/mol. The summed E-state index contributed by atoms with van der Waals surface area (Å²) in [6.07, 6.45) is 4.53. The summed E-state index contributed by atoms with van der Waals surface area (Å²) < 4.78 is 0. The van der Waals surface area contributed by atoms with Gasteiger partial charge < -0.3 is 5.11 Å². The lowest BCUT2D eigenvalue weighted by Gasteiger charge is -1.95. The molecule has 0 atom stereocenters. The first-order valence-corrected chi connectivity index (χ1v) is 4.76. The van der Waals surface area contributed by atoms with Crippen LogP contribution in [0.5, 0.6) is 0 Å². The van der Waals surface area contributed by atoms with Gasteiger partial charge in [0.1, 0.15) is 0 Å². The molecule has 1 rings (SSSR count). The summed E-state index contributed by atoms with van der Waals surface area (Å²) in [6.45, 7) is 0. The maximum absolute atomic E-state index is 10.5. The van der Waals surface area contributed by atoms with Gasteiger partial charge in [0.15, 0.2) is 0 Å². The highest BCUT2D eigenvalue weighted by Gasteiger charge is 1.99. The molecule has 80 valence electrons. The fourth-order valence-electron chi connectivity index (χ4n) is 1.18. The molecule has 1 aromatic carbocycles. The van der Waals surface area contributed by atoms with Crippen LogP contribution in [0.2, 0.25) is 0 Å². The number of hydrogen-bond acceptors (Lipinski definition) is 2. The predicted molar refractivity (Wildman–Crippen MR) is 61.4 cm³/mol. The van der Waals surface area contributed by atoms with Crippen molar-refractivity contribution in [2.75, 3.05) is 0 Å². The molecule has 0 amide bonds. The van der Waals surface area contributed by atoms with Crippen molar-refractivity contribution in [1.82, 2.24) is 0 Å². The van der Waals surface area contributed by atoms with Gasteiger partial charge in [0.05, 0.1) is 12.5 Å². The third kappa shape index (κ3) is 4.25. The topological polar surface area (TPSA) is 61.1 Å². The van der Waals surface area contributed by atoms with Gasteiger partial charge in [-0.2, -0.15) is 5.26 Å². The molecule has 0 aromatic heterocycles. The van der Waals surface area contributed by atoms with Crippen LogP contribution in [0.3, 0.4) is 0 Å². The molecule has 0 fully saturated rings. The third-order valence-electron chi connectivity index (χ3n) is 1.89. The fraction of sp³-hybridized carbons (Fsp3) is 0.0769. The lowest BCUT2D eigenvalue weighted by atomic mass is 10.1. The molecule has 0 bridgehead atoms. The SMILES string of the molecule is N#CC=C(C=Cc1ccccc1)CC(=O)O. The van der Waals surface area contributed by atoms with E-state index in [9.17, 15) is 4.79 Å². The summed E-state index contributed by atoms with van der Waals surface area (Å²) in [5.74, 6) is -0.945. The Labute approximate surface area is 94.0 Å². The molecule has 1 N–H and O–H groups in total. The minimum absolute atomic E-state index is 0.142. The number of rotatable bonds is 4. The second kappa shape index (κ2) is 6.20. The predicted octanol–water partition coefficient (Wildman–Crippen LogP) is 2.62. The van der Waals surface area contributed by atoms with E-state index in [-0.39, 0.29) is 6.42 Å². The Morgan fingerprint density at radius 2 is 2.06 bits per heavy atom. The normalized spacial score (nSPS) is 11.3. The van der Waals surface area contributed by atoms with E-state index >= 15 is 0 Å². The fourth-order valence-corrected chi connectivity index (χ4v) is 1.18. The second-order valence-corrected chi connectivity index (χ2v) is 3.16. The Bertz CT molecular complexity index is 453. The molecular weight excluding hydrogens is 202 g/mol. The number of carboxylic acids is 1. The number of nitrogens with zero attached hydrogens (tertiary/aromatic N) is 1. The van der Waals surface area contributed by atoms with Crippen LogP contribution in [0.15, 0.2) is 48.1 Å². The lowest BCUT2D eigenvalue weighted by molar-refractivity contribution is -0.136. The Hall–Kier alpha value is -2.34. The standard InChI is InChI=1S/C13H11NO2/c14-9-8-12(10-13(15)16)7-6-11-4-2-1-3-5-11/h1-8H,10H2,(H,15,16). The average Bonchev–Trinajstić information content (AvgIpc) is 2.27. The first kappa shape index (κ1) is 11.7. The molecule has 0 aliphatic rings. The van der Waals surface area contributed by atoms with Crippen LogP contribution in [0.25, 0.3) is 6.08 Å². The van der Waals surface area contributed by atoms with Crippen LogP contribution in [-0.4, -0.2) is 11.1 Å². The molecule has 1 aromatic rings. The minimum Gasteiger partial charge on any atom is -0.481 e. The summed E-state index contributed by atoms with van der Waals surface area (Å²) in [5.41, 5.74) is 1.45. The van der Waals surface area contributed by atoms with E-state index in [4.69, 9.17) is 10.4 Å². The lowest BCUT2D eigenvalue weighted by Crippen LogP contribution is -1.95. The Kier molecular flexibility index (Phi) is 4.55. The summed E-state index contributed by atoms with van der Waals surface area (Å²) in [7, 11) is 0. The number of hydrogen-bond donors (Lipinski definition) is 1. The van der Waals surface area contributed by atoms with Gasteiger partial charge in [-0.3, -0.25) is 4.79 Å². The van der Waals surface area contributed by atoms with E-state index in [2.05, 4.69) is 0 Å². The van der Waals surface area contributed by atoms with Gasteiger partial charge in [-0.15, -0.1) is 0 Å². The van der Waals surface area contributed by atoms with Crippen LogP contribution in [0, 0.1) is 11.3 Å². The van der Waals surface area contributed by atoms with E-state index < -0.39 is 5.97 Å². The first-order chi connectivity index (χ1) is 7.72. The van der Waals surface area contributed by atoms with Gasteiger partial charge in [0, 0.05) is 6.08 Å². The summed E-state index contributed by atoms with van der Waals surface area (Å²) in [6, 6.07) is 11.3. The molecule has 0 radical (unpaired) electrons. The maximum Gasteiger partial charge on any atom is 0.307 e. The highest BCUT2D eigenvalue weighted by atomic mass is 16.4. The third-order valence-corrected chi connectivity index (χ3v) is 1.89. The Morgan fingerprint density at radius 3 is 2.62 bits per heavy atom. The highest BCUT2D eigenvalue weighted by Crippen LogP contribution is 2.08. The first-order valence-electron chi connectivity index (χ1n) is 4.76. The van der Waals surface area contributed by atoms with Crippen molar-refractivity contribution < 1.29 is 9.90 Å². The molecule has 0 aliphatic carbocycles. The number of benzene rings is 1. The Balaban J connectivity index is 2.77. The van der Waals surface area contributed by atoms with E-state index in [1.54, 1.807) is 12.2 Å². The van der Waals surface area contributed by atoms with Crippen LogP contribution in [-0.2, 0) is 4.79 Å². The molecular formula is C13H11NO2. The van der Waals surface area contributed by atoms with Gasteiger partial charge in [0.2, 0.25) is 0 Å². The van der Waals surface area contributed by atoms with E-state index in [1.165, 1.54) is 6.08 Å². The monoisotopic (exact) mass is 213 g/mol. The van der Waals surface area contributed by atoms with Crippen molar-refractivity contribution in [3.8, 4) is 6.07 Å². The van der Waals surface area contributed by atoms with Crippen molar-refractivity contribution in [2.24, 2.45) is 0 Å². The second-order valence-electron chi connectivity index (χ2n) is 3.16. The number of allylic oxidation sites excluding steroid dienone is 2. The zero-order valence-corrected chi connectivity index (χ0v) is 8.63.